The first-order valence-corrected chi connectivity index (χ1v) is 6.85. The minimum absolute atomic E-state index is 0.0594. The number of imidazole rings is 1. The van der Waals surface area contributed by atoms with Gasteiger partial charge in [0.2, 0.25) is 5.91 Å². The molecular weight excluding hydrogens is 264 g/mol. The van der Waals surface area contributed by atoms with Gasteiger partial charge in [-0.1, -0.05) is 13.8 Å². The molecule has 0 atom stereocenters. The Kier molecular flexibility index (Phi) is 3.84. The average Bonchev–Trinajstić information content (AvgIpc) is 2.85. The summed E-state index contributed by atoms with van der Waals surface area (Å²) in [7, 11) is 0. The molecule has 2 aromatic heterocycles. The summed E-state index contributed by atoms with van der Waals surface area (Å²) in [5, 5.41) is 1.86. The largest absolute Gasteiger partial charge is 0.368 e. The Morgan fingerprint density at radius 1 is 1.63 bits per heavy atom. The number of rotatable bonds is 6. The van der Waals surface area contributed by atoms with E-state index in [2.05, 4.69) is 4.98 Å². The quantitative estimate of drug-likeness (QED) is 0.805. The van der Waals surface area contributed by atoms with Gasteiger partial charge in [0.15, 0.2) is 17.1 Å². The van der Waals surface area contributed by atoms with E-state index < -0.39 is 5.91 Å². The van der Waals surface area contributed by atoms with Crippen LogP contribution in [0.2, 0.25) is 0 Å². The molecule has 2 aromatic rings. The number of carbonyl (C=O) groups is 2. The third kappa shape index (κ3) is 2.76. The van der Waals surface area contributed by atoms with Crippen LogP contribution in [0.1, 0.15) is 24.3 Å². The lowest BCUT2D eigenvalue weighted by molar-refractivity contribution is -0.116. The number of aromatic nitrogens is 2. The van der Waals surface area contributed by atoms with E-state index in [1.165, 1.54) is 11.3 Å². The van der Waals surface area contributed by atoms with Gasteiger partial charge in [0, 0.05) is 18.1 Å². The van der Waals surface area contributed by atoms with Gasteiger partial charge in [-0.3, -0.25) is 14.0 Å². The Balaban J connectivity index is 2.44. The van der Waals surface area contributed by atoms with Crippen molar-refractivity contribution >= 4 is 34.3 Å². The number of nitrogens with two attached hydrogens (primary N) is 1. The molecule has 2 heterocycles. The predicted molar refractivity (Wildman–Crippen MR) is 74.7 cm³/mol. The summed E-state index contributed by atoms with van der Waals surface area (Å²) in [5.41, 5.74) is 5.72. The zero-order valence-corrected chi connectivity index (χ0v) is 11.7. The van der Waals surface area contributed by atoms with Crippen LogP contribution in [0.3, 0.4) is 0 Å². The second-order valence-electron chi connectivity index (χ2n) is 4.73. The number of nitrogens with zero attached hydrogens (tertiary/aromatic N) is 3. The molecule has 7 heteroatoms. The topological polar surface area (TPSA) is 80.7 Å². The van der Waals surface area contributed by atoms with Gasteiger partial charge in [-0.05, 0) is 5.92 Å². The highest BCUT2D eigenvalue weighted by Crippen LogP contribution is 2.23. The summed E-state index contributed by atoms with van der Waals surface area (Å²) < 4.78 is 1.72. The van der Waals surface area contributed by atoms with Crippen molar-refractivity contribution in [3.8, 4) is 0 Å². The zero-order chi connectivity index (χ0) is 14.0. The molecule has 2 N–H and O–H groups in total. The molecular formula is C12H16N4O2S. The van der Waals surface area contributed by atoms with Gasteiger partial charge in [0.05, 0.1) is 6.54 Å². The van der Waals surface area contributed by atoms with Crippen LogP contribution in [-0.2, 0) is 4.79 Å². The van der Waals surface area contributed by atoms with Crippen molar-refractivity contribution in [3.05, 3.63) is 17.3 Å². The molecule has 0 spiro atoms. The number of primary amides is 1. The van der Waals surface area contributed by atoms with Crippen molar-refractivity contribution in [1.82, 2.24) is 9.38 Å². The lowest BCUT2D eigenvalue weighted by Crippen LogP contribution is -2.37. The number of hydrogen-bond acceptors (Lipinski definition) is 5. The van der Waals surface area contributed by atoms with Crippen molar-refractivity contribution < 1.29 is 9.59 Å². The Labute approximate surface area is 114 Å². The molecule has 0 unspecified atom stereocenters. The maximum Gasteiger partial charge on any atom is 0.236 e. The number of amides is 1. The van der Waals surface area contributed by atoms with Gasteiger partial charge in [0.25, 0.3) is 0 Å². The van der Waals surface area contributed by atoms with Crippen molar-refractivity contribution in [2.24, 2.45) is 11.7 Å². The third-order valence-electron chi connectivity index (χ3n) is 2.62. The Morgan fingerprint density at radius 3 is 2.95 bits per heavy atom. The monoisotopic (exact) mass is 280 g/mol. The number of fused-ring (bicyclic) bond motifs is 1. The molecule has 6 nitrogen and oxygen atoms in total. The van der Waals surface area contributed by atoms with Crippen LogP contribution in [0.5, 0.6) is 0 Å². The molecule has 1 amide bonds. The maximum atomic E-state index is 11.3. The van der Waals surface area contributed by atoms with E-state index in [1.807, 2.05) is 19.2 Å². The van der Waals surface area contributed by atoms with Crippen LogP contribution in [0.15, 0.2) is 11.6 Å². The molecule has 0 aliphatic heterocycles. The van der Waals surface area contributed by atoms with Gasteiger partial charge < -0.3 is 10.6 Å². The molecule has 0 radical (unpaired) electrons. The first kappa shape index (κ1) is 13.5. The number of hydrogen-bond donors (Lipinski definition) is 1. The van der Waals surface area contributed by atoms with Gasteiger partial charge in [-0.2, -0.15) is 0 Å². The highest BCUT2D eigenvalue weighted by molar-refractivity contribution is 7.15. The lowest BCUT2D eigenvalue weighted by Gasteiger charge is -2.23. The summed E-state index contributed by atoms with van der Waals surface area (Å²) in [6, 6.07) is 0. The third-order valence-corrected chi connectivity index (χ3v) is 3.38. The summed E-state index contributed by atoms with van der Waals surface area (Å²) in [5.74, 6) is 0.418. The predicted octanol–water partition coefficient (Wildman–Crippen LogP) is 1.16. The molecule has 102 valence electrons. The fourth-order valence-electron chi connectivity index (χ4n) is 1.99. The molecule has 0 aromatic carbocycles. The molecule has 0 aliphatic rings. The highest BCUT2D eigenvalue weighted by Gasteiger charge is 2.20. The van der Waals surface area contributed by atoms with E-state index in [4.69, 9.17) is 5.73 Å². The Morgan fingerprint density at radius 2 is 2.37 bits per heavy atom. The normalized spacial score (nSPS) is 11.1. The molecule has 0 saturated heterocycles. The minimum atomic E-state index is -0.436. The SMILES string of the molecule is CC(C)CN(CC(N)=O)c1nc2sccn2c1C=O. The van der Waals surface area contributed by atoms with Crippen LogP contribution in [0.25, 0.3) is 4.96 Å². The minimum Gasteiger partial charge on any atom is -0.368 e. The van der Waals surface area contributed by atoms with Crippen molar-refractivity contribution in [2.75, 3.05) is 18.0 Å². The number of anilines is 1. The first-order valence-electron chi connectivity index (χ1n) is 5.97. The second kappa shape index (κ2) is 5.40. The van der Waals surface area contributed by atoms with Crippen LogP contribution >= 0.6 is 11.3 Å². The van der Waals surface area contributed by atoms with Crippen LogP contribution in [0.4, 0.5) is 5.82 Å². The molecule has 0 saturated carbocycles. The highest BCUT2D eigenvalue weighted by atomic mass is 32.1. The number of carbonyl (C=O) groups excluding carboxylic acids is 2. The van der Waals surface area contributed by atoms with Crippen LogP contribution < -0.4 is 10.6 Å². The smallest absolute Gasteiger partial charge is 0.236 e. The number of aldehydes is 1. The number of thiazole rings is 1. The van der Waals surface area contributed by atoms with E-state index in [-0.39, 0.29) is 6.54 Å². The maximum absolute atomic E-state index is 11.3. The van der Waals surface area contributed by atoms with Gasteiger partial charge in [0.1, 0.15) is 5.69 Å². The van der Waals surface area contributed by atoms with E-state index in [9.17, 15) is 9.59 Å². The second-order valence-corrected chi connectivity index (χ2v) is 5.61. The molecule has 2 rings (SSSR count). The standard InChI is InChI=1S/C12H16N4O2S/c1-8(2)5-15(6-10(13)18)11-9(7-17)16-3-4-19-12(16)14-11/h3-4,7-8H,5-6H2,1-2H3,(H2,13,18). The van der Waals surface area contributed by atoms with Crippen molar-refractivity contribution in [2.45, 2.75) is 13.8 Å². The van der Waals surface area contributed by atoms with Gasteiger partial charge in [-0.25, -0.2) is 4.98 Å². The fourth-order valence-corrected chi connectivity index (χ4v) is 2.71. The molecule has 0 aliphatic carbocycles. The molecule has 0 fully saturated rings. The van der Waals surface area contributed by atoms with Gasteiger partial charge >= 0.3 is 0 Å². The zero-order valence-electron chi connectivity index (χ0n) is 10.9. The van der Waals surface area contributed by atoms with E-state index in [1.54, 1.807) is 15.5 Å². The summed E-state index contributed by atoms with van der Waals surface area (Å²) in [6.45, 7) is 4.75. The van der Waals surface area contributed by atoms with E-state index in [0.29, 0.717) is 24.0 Å². The van der Waals surface area contributed by atoms with Crippen molar-refractivity contribution in [1.29, 1.82) is 0 Å². The van der Waals surface area contributed by atoms with Crippen LogP contribution in [0, 0.1) is 5.92 Å². The van der Waals surface area contributed by atoms with E-state index >= 15 is 0 Å². The lowest BCUT2D eigenvalue weighted by atomic mass is 10.2. The Hall–Kier alpha value is -1.89. The summed E-state index contributed by atoms with van der Waals surface area (Å²) in [6.07, 6.45) is 2.55. The summed E-state index contributed by atoms with van der Waals surface area (Å²) >= 11 is 1.44. The average molecular weight is 280 g/mol. The first-order chi connectivity index (χ1) is 9.02. The molecule has 19 heavy (non-hydrogen) atoms. The van der Waals surface area contributed by atoms with Gasteiger partial charge in [-0.15, -0.1) is 11.3 Å². The molecule has 0 bridgehead atoms. The van der Waals surface area contributed by atoms with Crippen molar-refractivity contribution in [3.63, 3.8) is 0 Å². The van der Waals surface area contributed by atoms with Crippen LogP contribution in [-0.4, -0.2) is 34.7 Å². The fraction of sp³-hybridized carbons (Fsp3) is 0.417. The summed E-state index contributed by atoms with van der Waals surface area (Å²) in [4.78, 5) is 29.4. The van der Waals surface area contributed by atoms with E-state index in [0.717, 1.165) is 11.2 Å². The Bertz CT molecular complexity index is 602.